The molecule has 0 saturated heterocycles. The molecule has 2 aromatic rings. The van der Waals surface area contributed by atoms with Crippen molar-refractivity contribution in [3.8, 4) is 0 Å². The molecule has 0 bridgehead atoms. The van der Waals surface area contributed by atoms with Crippen molar-refractivity contribution in [1.82, 2.24) is 0 Å². The van der Waals surface area contributed by atoms with Crippen LogP contribution in [0, 0.1) is 5.41 Å². The Morgan fingerprint density at radius 3 is 2.15 bits per heavy atom. The molecule has 2 amide bonds. The predicted octanol–water partition coefficient (Wildman–Crippen LogP) is 4.99. The van der Waals surface area contributed by atoms with Gasteiger partial charge in [-0.05, 0) is 48.7 Å². The molecule has 136 valence electrons. The first-order valence-corrected chi connectivity index (χ1v) is 9.08. The maximum Gasteiger partial charge on any atom is 0.235 e. The first kappa shape index (κ1) is 18.5. The van der Waals surface area contributed by atoms with Crippen LogP contribution in [0.15, 0.2) is 48.5 Å². The Labute approximate surface area is 158 Å². The van der Waals surface area contributed by atoms with Crippen LogP contribution in [-0.2, 0) is 15.0 Å². The van der Waals surface area contributed by atoms with Crippen LogP contribution in [0.1, 0.15) is 39.2 Å². The average molecular weight is 371 g/mol. The highest BCUT2D eigenvalue weighted by atomic mass is 35.5. The van der Waals surface area contributed by atoms with E-state index in [1.165, 1.54) is 0 Å². The van der Waals surface area contributed by atoms with Crippen LogP contribution in [0.4, 0.5) is 11.4 Å². The molecule has 5 heteroatoms. The van der Waals surface area contributed by atoms with Crippen molar-refractivity contribution in [2.24, 2.45) is 5.41 Å². The number of hydrogen-bond acceptors (Lipinski definition) is 2. The molecule has 0 heterocycles. The molecule has 0 atom stereocenters. The van der Waals surface area contributed by atoms with Crippen molar-refractivity contribution in [3.05, 3.63) is 59.1 Å². The highest BCUT2D eigenvalue weighted by molar-refractivity contribution is 6.30. The molecule has 1 aliphatic carbocycles. The van der Waals surface area contributed by atoms with Gasteiger partial charge < -0.3 is 10.6 Å². The summed E-state index contributed by atoms with van der Waals surface area (Å²) in [7, 11) is 0. The van der Waals surface area contributed by atoms with E-state index >= 15 is 0 Å². The minimum absolute atomic E-state index is 0.0425. The van der Waals surface area contributed by atoms with Gasteiger partial charge in [0.25, 0.3) is 0 Å². The minimum Gasteiger partial charge on any atom is -0.326 e. The van der Waals surface area contributed by atoms with Crippen LogP contribution >= 0.6 is 11.6 Å². The number of benzene rings is 2. The van der Waals surface area contributed by atoms with E-state index in [1.54, 1.807) is 12.1 Å². The van der Waals surface area contributed by atoms with Gasteiger partial charge in [-0.15, -0.1) is 0 Å². The quantitative estimate of drug-likeness (QED) is 0.796. The summed E-state index contributed by atoms with van der Waals surface area (Å²) in [6.45, 7) is 5.57. The predicted molar refractivity (Wildman–Crippen MR) is 106 cm³/mol. The monoisotopic (exact) mass is 370 g/mol. The molecule has 0 radical (unpaired) electrons. The number of amides is 2. The SMILES string of the molecule is CC(C)(C)C(=O)Nc1cccc(NC(=O)C2(c3cccc(Cl)c3)CC2)c1. The van der Waals surface area contributed by atoms with Crippen LogP contribution < -0.4 is 10.6 Å². The first-order chi connectivity index (χ1) is 12.2. The van der Waals surface area contributed by atoms with Crippen LogP contribution in [0.2, 0.25) is 5.02 Å². The van der Waals surface area contributed by atoms with Gasteiger partial charge >= 0.3 is 0 Å². The van der Waals surface area contributed by atoms with Gasteiger partial charge in [0.15, 0.2) is 0 Å². The lowest BCUT2D eigenvalue weighted by atomic mass is 9.95. The highest BCUT2D eigenvalue weighted by Crippen LogP contribution is 2.49. The van der Waals surface area contributed by atoms with Gasteiger partial charge in [0.2, 0.25) is 11.8 Å². The van der Waals surface area contributed by atoms with Crippen LogP contribution in [0.25, 0.3) is 0 Å². The lowest BCUT2D eigenvalue weighted by Crippen LogP contribution is -2.28. The lowest BCUT2D eigenvalue weighted by Gasteiger charge is -2.19. The first-order valence-electron chi connectivity index (χ1n) is 8.70. The normalized spacial score (nSPS) is 15.2. The third-order valence-corrected chi connectivity index (χ3v) is 4.86. The molecule has 2 aromatic carbocycles. The van der Waals surface area contributed by atoms with Gasteiger partial charge in [0.1, 0.15) is 0 Å². The van der Waals surface area contributed by atoms with E-state index in [0.29, 0.717) is 16.4 Å². The standard InChI is InChI=1S/C21H23ClN2O2/c1-20(2,3)18(25)23-16-8-5-9-17(13-16)24-19(26)21(10-11-21)14-6-4-7-15(22)12-14/h4-9,12-13H,10-11H2,1-3H3,(H,23,25)(H,24,26). The second kappa shape index (κ2) is 6.76. The van der Waals surface area contributed by atoms with Gasteiger partial charge in [-0.25, -0.2) is 0 Å². The molecule has 1 fully saturated rings. The molecule has 0 spiro atoms. The number of halogens is 1. The van der Waals surface area contributed by atoms with Crippen molar-refractivity contribution >= 4 is 34.8 Å². The molecule has 1 saturated carbocycles. The maximum atomic E-state index is 12.9. The Kier molecular flexibility index (Phi) is 4.80. The van der Waals surface area contributed by atoms with E-state index in [0.717, 1.165) is 18.4 Å². The third kappa shape index (κ3) is 3.91. The summed E-state index contributed by atoms with van der Waals surface area (Å²) < 4.78 is 0. The van der Waals surface area contributed by atoms with E-state index in [9.17, 15) is 9.59 Å². The van der Waals surface area contributed by atoms with E-state index in [-0.39, 0.29) is 11.8 Å². The van der Waals surface area contributed by atoms with E-state index < -0.39 is 10.8 Å². The summed E-state index contributed by atoms with van der Waals surface area (Å²) in [4.78, 5) is 25.0. The number of carbonyl (C=O) groups excluding carboxylic acids is 2. The summed E-state index contributed by atoms with van der Waals surface area (Å²) in [6, 6.07) is 14.7. The van der Waals surface area contributed by atoms with Crippen LogP contribution in [0.5, 0.6) is 0 Å². The fourth-order valence-electron chi connectivity index (χ4n) is 2.80. The Morgan fingerprint density at radius 1 is 0.962 bits per heavy atom. The van der Waals surface area contributed by atoms with Crippen molar-refractivity contribution in [1.29, 1.82) is 0 Å². The van der Waals surface area contributed by atoms with Gasteiger partial charge in [-0.2, -0.15) is 0 Å². The average Bonchev–Trinajstić information content (AvgIpc) is 3.36. The zero-order valence-corrected chi connectivity index (χ0v) is 16.0. The number of rotatable bonds is 4. The fourth-order valence-corrected chi connectivity index (χ4v) is 2.99. The molecular formula is C21H23ClN2O2. The van der Waals surface area contributed by atoms with Gasteiger partial charge in [0, 0.05) is 21.8 Å². The van der Waals surface area contributed by atoms with Crippen LogP contribution in [0.3, 0.4) is 0 Å². The molecule has 0 unspecified atom stereocenters. The van der Waals surface area contributed by atoms with Crippen LogP contribution in [-0.4, -0.2) is 11.8 Å². The molecule has 2 N–H and O–H groups in total. The van der Waals surface area contributed by atoms with Crippen molar-refractivity contribution in [2.75, 3.05) is 10.6 Å². The summed E-state index contributed by atoms with van der Waals surface area (Å²) in [5, 5.41) is 6.50. The van der Waals surface area contributed by atoms with E-state index in [2.05, 4.69) is 10.6 Å². The second-order valence-electron chi connectivity index (χ2n) is 7.83. The summed E-state index contributed by atoms with van der Waals surface area (Å²) >= 11 is 6.08. The maximum absolute atomic E-state index is 12.9. The lowest BCUT2D eigenvalue weighted by molar-refractivity contribution is -0.123. The zero-order chi connectivity index (χ0) is 18.9. The Morgan fingerprint density at radius 2 is 1.58 bits per heavy atom. The van der Waals surface area contributed by atoms with Crippen molar-refractivity contribution < 1.29 is 9.59 Å². The Bertz CT molecular complexity index is 851. The molecule has 4 nitrogen and oxygen atoms in total. The Balaban J connectivity index is 1.74. The second-order valence-corrected chi connectivity index (χ2v) is 8.27. The van der Waals surface area contributed by atoms with E-state index in [4.69, 9.17) is 11.6 Å². The summed E-state index contributed by atoms with van der Waals surface area (Å²) in [6.07, 6.45) is 1.61. The largest absolute Gasteiger partial charge is 0.326 e. The number of nitrogens with one attached hydrogen (secondary N) is 2. The number of hydrogen-bond donors (Lipinski definition) is 2. The fraction of sp³-hybridized carbons (Fsp3) is 0.333. The minimum atomic E-state index is -0.504. The van der Waals surface area contributed by atoms with Gasteiger partial charge in [0.05, 0.1) is 5.41 Å². The number of anilines is 2. The van der Waals surface area contributed by atoms with Gasteiger partial charge in [-0.3, -0.25) is 9.59 Å². The topological polar surface area (TPSA) is 58.2 Å². The number of carbonyl (C=O) groups is 2. The van der Waals surface area contributed by atoms with Crippen molar-refractivity contribution in [3.63, 3.8) is 0 Å². The third-order valence-electron chi connectivity index (χ3n) is 4.62. The van der Waals surface area contributed by atoms with Gasteiger partial charge in [-0.1, -0.05) is 50.6 Å². The van der Waals surface area contributed by atoms with Crippen molar-refractivity contribution in [2.45, 2.75) is 39.0 Å². The summed E-state index contributed by atoms with van der Waals surface area (Å²) in [5.41, 5.74) is 1.28. The molecule has 3 rings (SSSR count). The zero-order valence-electron chi connectivity index (χ0n) is 15.2. The van der Waals surface area contributed by atoms with E-state index in [1.807, 2.05) is 57.2 Å². The molecule has 26 heavy (non-hydrogen) atoms. The molecule has 0 aromatic heterocycles. The summed E-state index contributed by atoms with van der Waals surface area (Å²) in [5.74, 6) is -0.113. The Hall–Kier alpha value is -2.33. The molecule has 1 aliphatic rings. The highest BCUT2D eigenvalue weighted by Gasteiger charge is 2.51. The molecular weight excluding hydrogens is 348 g/mol. The molecule has 0 aliphatic heterocycles. The smallest absolute Gasteiger partial charge is 0.235 e.